The number of hydrogen-bond donors (Lipinski definition) is 0. The van der Waals surface area contributed by atoms with E-state index in [1.54, 1.807) is 0 Å². The van der Waals surface area contributed by atoms with E-state index in [1.165, 1.54) is 17.8 Å². The number of aryl methyl sites for hydroxylation is 2. The van der Waals surface area contributed by atoms with Crippen LogP contribution in [-0.2, 0) is 13.0 Å². The number of fused-ring (bicyclic) bond motifs is 1. The van der Waals surface area contributed by atoms with Crippen molar-refractivity contribution >= 4 is 22.6 Å². The summed E-state index contributed by atoms with van der Waals surface area (Å²) < 4.78 is 2.37. The van der Waals surface area contributed by atoms with Crippen LogP contribution in [0.15, 0.2) is 24.3 Å². The van der Waals surface area contributed by atoms with Crippen molar-refractivity contribution in [2.75, 3.05) is 0 Å². The molecule has 1 atom stereocenters. The second-order valence-corrected chi connectivity index (χ2v) is 6.06. The summed E-state index contributed by atoms with van der Waals surface area (Å²) in [5, 5.41) is 0.323. The third-order valence-corrected chi connectivity index (χ3v) is 4.14. The fourth-order valence-corrected chi connectivity index (χ4v) is 3.10. The molecule has 110 valence electrons. The molecule has 0 aliphatic heterocycles. The Balaban J connectivity index is 2.06. The third kappa shape index (κ3) is 3.76. The largest absolute Gasteiger partial charge is 0.328 e. The van der Waals surface area contributed by atoms with Crippen LogP contribution in [0, 0.1) is 0 Å². The topological polar surface area (TPSA) is 17.8 Å². The molecule has 0 amide bonds. The molecule has 0 saturated heterocycles. The number of aromatic nitrogens is 2. The van der Waals surface area contributed by atoms with E-state index < -0.39 is 0 Å². The van der Waals surface area contributed by atoms with E-state index in [0.29, 0.717) is 5.38 Å². The van der Waals surface area contributed by atoms with Gasteiger partial charge in [-0.25, -0.2) is 4.98 Å². The zero-order valence-corrected chi connectivity index (χ0v) is 13.4. The lowest BCUT2D eigenvalue weighted by atomic mass is 10.1. The Morgan fingerprint density at radius 2 is 1.95 bits per heavy atom. The van der Waals surface area contributed by atoms with Gasteiger partial charge in [0.25, 0.3) is 0 Å². The van der Waals surface area contributed by atoms with Gasteiger partial charge in [-0.1, -0.05) is 32.4 Å². The zero-order valence-electron chi connectivity index (χ0n) is 12.6. The molecule has 2 aromatic rings. The number of halogens is 1. The molecule has 20 heavy (non-hydrogen) atoms. The minimum atomic E-state index is 0.323. The molecule has 0 spiro atoms. The van der Waals surface area contributed by atoms with Crippen LogP contribution in [-0.4, -0.2) is 14.9 Å². The molecule has 1 heterocycles. The van der Waals surface area contributed by atoms with Gasteiger partial charge in [-0.2, -0.15) is 0 Å². The van der Waals surface area contributed by atoms with Crippen LogP contribution in [0.25, 0.3) is 11.0 Å². The Morgan fingerprint density at radius 1 is 1.15 bits per heavy atom. The van der Waals surface area contributed by atoms with Crippen molar-refractivity contribution < 1.29 is 0 Å². The highest BCUT2D eigenvalue weighted by molar-refractivity contribution is 6.20. The second kappa shape index (κ2) is 7.68. The Labute approximate surface area is 127 Å². The molecule has 1 unspecified atom stereocenters. The highest BCUT2D eigenvalue weighted by atomic mass is 35.5. The van der Waals surface area contributed by atoms with Crippen LogP contribution in [0.3, 0.4) is 0 Å². The van der Waals surface area contributed by atoms with Gasteiger partial charge in [0.2, 0.25) is 0 Å². The summed E-state index contributed by atoms with van der Waals surface area (Å²) in [5.74, 6) is 1.22. The normalized spacial score (nSPS) is 12.9. The van der Waals surface area contributed by atoms with Crippen molar-refractivity contribution in [3.8, 4) is 0 Å². The molecule has 1 aromatic heterocycles. The molecule has 0 fully saturated rings. The van der Waals surface area contributed by atoms with Gasteiger partial charge in [-0.3, -0.25) is 0 Å². The molecular weight excluding hydrogens is 268 g/mol. The molecule has 2 nitrogen and oxygen atoms in total. The van der Waals surface area contributed by atoms with Gasteiger partial charge in [0.05, 0.1) is 11.0 Å². The first-order chi connectivity index (χ1) is 9.76. The van der Waals surface area contributed by atoms with E-state index in [2.05, 4.69) is 42.7 Å². The van der Waals surface area contributed by atoms with Crippen LogP contribution in [0.5, 0.6) is 0 Å². The van der Waals surface area contributed by atoms with Crippen LogP contribution in [0.2, 0.25) is 0 Å². The summed E-state index contributed by atoms with van der Waals surface area (Å²) in [5.41, 5.74) is 2.38. The summed E-state index contributed by atoms with van der Waals surface area (Å²) in [7, 11) is 0. The smallest absolute Gasteiger partial charge is 0.109 e. The molecule has 0 saturated carbocycles. The van der Waals surface area contributed by atoms with Gasteiger partial charge >= 0.3 is 0 Å². The zero-order chi connectivity index (χ0) is 14.4. The molecular formula is C17H25ClN2. The Kier molecular flexibility index (Phi) is 5.90. The standard InChI is InChI=1S/C17H25ClN2/c1-3-8-14(18)9-7-12-17-19-15-10-5-6-11-16(15)20(17)13-4-2/h5-6,10-11,14H,3-4,7-9,12-13H2,1-2H3. The molecule has 0 aliphatic carbocycles. The summed E-state index contributed by atoms with van der Waals surface area (Å²) in [6.07, 6.45) is 6.67. The highest BCUT2D eigenvalue weighted by Gasteiger charge is 2.10. The van der Waals surface area contributed by atoms with Gasteiger partial charge in [-0.05, 0) is 37.8 Å². The first-order valence-electron chi connectivity index (χ1n) is 7.84. The van der Waals surface area contributed by atoms with E-state index in [1.807, 2.05) is 0 Å². The van der Waals surface area contributed by atoms with Gasteiger partial charge in [0.1, 0.15) is 5.82 Å². The monoisotopic (exact) mass is 292 g/mol. The van der Waals surface area contributed by atoms with Crippen LogP contribution >= 0.6 is 11.6 Å². The maximum Gasteiger partial charge on any atom is 0.109 e. The quantitative estimate of drug-likeness (QED) is 0.613. The summed E-state index contributed by atoms with van der Waals surface area (Å²) in [6.45, 7) is 5.46. The Hall–Kier alpha value is -1.02. The van der Waals surface area contributed by atoms with Crippen LogP contribution in [0.1, 0.15) is 51.8 Å². The highest BCUT2D eigenvalue weighted by Crippen LogP contribution is 2.19. The SMILES string of the molecule is CCCC(Cl)CCCc1nc2ccccc2n1CCC. The van der Waals surface area contributed by atoms with Crippen molar-refractivity contribution in [3.63, 3.8) is 0 Å². The third-order valence-electron chi connectivity index (χ3n) is 3.70. The first-order valence-corrected chi connectivity index (χ1v) is 8.28. The van der Waals surface area contributed by atoms with E-state index in [9.17, 15) is 0 Å². The lowest BCUT2D eigenvalue weighted by molar-refractivity contribution is 0.599. The van der Waals surface area contributed by atoms with Gasteiger partial charge < -0.3 is 4.57 Å². The molecule has 0 aliphatic rings. The summed E-state index contributed by atoms with van der Waals surface area (Å²) >= 11 is 6.30. The molecule has 0 bridgehead atoms. The number of benzene rings is 1. The Morgan fingerprint density at radius 3 is 2.70 bits per heavy atom. The van der Waals surface area contributed by atoms with E-state index in [-0.39, 0.29) is 0 Å². The van der Waals surface area contributed by atoms with Crippen molar-refractivity contribution in [1.29, 1.82) is 0 Å². The average molecular weight is 293 g/mol. The van der Waals surface area contributed by atoms with Gasteiger partial charge in [0.15, 0.2) is 0 Å². The predicted molar refractivity (Wildman–Crippen MR) is 87.5 cm³/mol. The average Bonchev–Trinajstić information content (AvgIpc) is 2.78. The maximum atomic E-state index is 6.30. The number of alkyl halides is 1. The molecule has 1 aromatic carbocycles. The first kappa shape index (κ1) is 15.4. The summed E-state index contributed by atoms with van der Waals surface area (Å²) in [4.78, 5) is 4.79. The number of imidazole rings is 1. The fourth-order valence-electron chi connectivity index (χ4n) is 2.73. The van der Waals surface area contributed by atoms with E-state index in [4.69, 9.17) is 16.6 Å². The van der Waals surface area contributed by atoms with E-state index in [0.717, 1.165) is 44.2 Å². The van der Waals surface area contributed by atoms with Gasteiger partial charge in [0, 0.05) is 18.3 Å². The van der Waals surface area contributed by atoms with E-state index >= 15 is 0 Å². The number of nitrogens with zero attached hydrogens (tertiary/aromatic N) is 2. The van der Waals surface area contributed by atoms with Crippen LogP contribution in [0.4, 0.5) is 0 Å². The maximum absolute atomic E-state index is 6.30. The Bertz CT molecular complexity index is 533. The molecule has 3 heteroatoms. The fraction of sp³-hybridized carbons (Fsp3) is 0.588. The van der Waals surface area contributed by atoms with Crippen LogP contribution < -0.4 is 0 Å². The molecule has 0 N–H and O–H groups in total. The number of para-hydroxylation sites is 2. The van der Waals surface area contributed by atoms with Crippen molar-refractivity contribution in [2.24, 2.45) is 0 Å². The summed E-state index contributed by atoms with van der Waals surface area (Å²) in [6, 6.07) is 8.43. The van der Waals surface area contributed by atoms with Crippen molar-refractivity contribution in [1.82, 2.24) is 9.55 Å². The predicted octanol–water partition coefficient (Wildman–Crippen LogP) is 5.18. The van der Waals surface area contributed by atoms with Gasteiger partial charge in [-0.15, -0.1) is 11.6 Å². The number of rotatable bonds is 8. The minimum Gasteiger partial charge on any atom is -0.328 e. The molecule has 0 radical (unpaired) electrons. The number of hydrogen-bond acceptors (Lipinski definition) is 1. The minimum absolute atomic E-state index is 0.323. The second-order valence-electron chi connectivity index (χ2n) is 5.45. The molecule has 2 rings (SSSR count). The van der Waals surface area contributed by atoms with Crippen molar-refractivity contribution in [3.05, 3.63) is 30.1 Å². The lowest BCUT2D eigenvalue weighted by Crippen LogP contribution is -2.05. The van der Waals surface area contributed by atoms with Crippen molar-refractivity contribution in [2.45, 2.75) is 64.3 Å². The lowest BCUT2D eigenvalue weighted by Gasteiger charge is -2.09.